The molecule has 0 saturated carbocycles. The van der Waals surface area contributed by atoms with Gasteiger partial charge in [0.1, 0.15) is 5.54 Å². The zero-order valence-corrected chi connectivity index (χ0v) is 11.0. The summed E-state index contributed by atoms with van der Waals surface area (Å²) in [6.07, 6.45) is 6.87. The molecule has 0 bridgehead atoms. The summed E-state index contributed by atoms with van der Waals surface area (Å²) in [5.74, 6) is 1.51. The number of likely N-dealkylation sites (tertiary alicyclic amines) is 1. The smallest absolute Gasteiger partial charge is 0.329 e. The van der Waals surface area contributed by atoms with Gasteiger partial charge in [-0.15, -0.1) is 6.42 Å². The summed E-state index contributed by atoms with van der Waals surface area (Å²) in [6, 6.07) is -0.266. The molecule has 1 unspecified atom stereocenters. The monoisotopic (exact) mass is 252 g/mol. The minimum absolute atomic E-state index is 0.214. The van der Waals surface area contributed by atoms with E-state index in [1.54, 1.807) is 6.92 Å². The van der Waals surface area contributed by atoms with Crippen LogP contribution in [0.5, 0.6) is 0 Å². The van der Waals surface area contributed by atoms with Gasteiger partial charge in [0.25, 0.3) is 0 Å². The van der Waals surface area contributed by atoms with E-state index in [1.807, 2.05) is 6.92 Å². The highest BCUT2D eigenvalue weighted by molar-refractivity contribution is 5.87. The first kappa shape index (κ1) is 14.4. The van der Waals surface area contributed by atoms with E-state index in [9.17, 15) is 14.7 Å². The van der Waals surface area contributed by atoms with Crippen LogP contribution < -0.4 is 0 Å². The molecule has 5 nitrogen and oxygen atoms in total. The largest absolute Gasteiger partial charge is 0.479 e. The number of carboxylic acid groups (broad SMARTS) is 1. The highest BCUT2D eigenvalue weighted by Crippen LogP contribution is 2.33. The van der Waals surface area contributed by atoms with Gasteiger partial charge in [0.15, 0.2) is 0 Å². The lowest BCUT2D eigenvalue weighted by atomic mass is 9.93. The maximum absolute atomic E-state index is 12.3. The molecule has 2 amide bonds. The van der Waals surface area contributed by atoms with Crippen LogP contribution in [0, 0.1) is 12.3 Å². The van der Waals surface area contributed by atoms with Gasteiger partial charge < -0.3 is 14.9 Å². The van der Waals surface area contributed by atoms with Crippen LogP contribution in [0.25, 0.3) is 0 Å². The molecule has 0 radical (unpaired) electrons. The Balaban J connectivity index is 2.97. The first-order valence-corrected chi connectivity index (χ1v) is 6.26. The maximum atomic E-state index is 12.3. The molecule has 1 aliphatic heterocycles. The van der Waals surface area contributed by atoms with Gasteiger partial charge in [-0.3, -0.25) is 0 Å². The number of hydrogen-bond donors (Lipinski definition) is 1. The maximum Gasteiger partial charge on any atom is 0.329 e. The first-order valence-electron chi connectivity index (χ1n) is 6.26. The van der Waals surface area contributed by atoms with Crippen molar-refractivity contribution in [3.05, 3.63) is 0 Å². The minimum atomic E-state index is -1.06. The van der Waals surface area contributed by atoms with E-state index in [2.05, 4.69) is 5.92 Å². The van der Waals surface area contributed by atoms with Gasteiger partial charge >= 0.3 is 12.0 Å². The number of carbonyl (C=O) groups is 2. The van der Waals surface area contributed by atoms with E-state index in [0.717, 1.165) is 6.42 Å². The standard InChI is InChI=1S/C13H20N2O3/c1-4-9-14(6-3)12(18)15-10-7-8-13(15,5-2)11(16)17/h1H,5-10H2,2-3H3,(H,16,17). The summed E-state index contributed by atoms with van der Waals surface area (Å²) in [5.41, 5.74) is -1.06. The normalized spacial score (nSPS) is 22.6. The van der Waals surface area contributed by atoms with Crippen molar-refractivity contribution in [3.8, 4) is 12.3 Å². The van der Waals surface area contributed by atoms with E-state index in [-0.39, 0.29) is 12.6 Å². The molecule has 1 fully saturated rings. The Hall–Kier alpha value is -1.70. The van der Waals surface area contributed by atoms with E-state index in [1.165, 1.54) is 9.80 Å². The van der Waals surface area contributed by atoms with Crippen molar-refractivity contribution in [3.63, 3.8) is 0 Å². The fraction of sp³-hybridized carbons (Fsp3) is 0.692. The summed E-state index contributed by atoms with van der Waals surface area (Å²) >= 11 is 0. The molecule has 1 saturated heterocycles. The van der Waals surface area contributed by atoms with Gasteiger partial charge in [-0.25, -0.2) is 9.59 Å². The number of rotatable bonds is 4. The molecule has 18 heavy (non-hydrogen) atoms. The van der Waals surface area contributed by atoms with Crippen molar-refractivity contribution in [2.24, 2.45) is 0 Å². The summed E-state index contributed by atoms with van der Waals surface area (Å²) in [4.78, 5) is 26.8. The summed E-state index contributed by atoms with van der Waals surface area (Å²) in [5, 5.41) is 9.41. The molecule has 1 atom stereocenters. The summed E-state index contributed by atoms with van der Waals surface area (Å²) in [6.45, 7) is 4.82. The third-order valence-corrected chi connectivity index (χ3v) is 3.64. The van der Waals surface area contributed by atoms with Crippen LogP contribution in [0.3, 0.4) is 0 Å². The van der Waals surface area contributed by atoms with Gasteiger partial charge in [0, 0.05) is 13.1 Å². The van der Waals surface area contributed by atoms with Gasteiger partial charge in [-0.1, -0.05) is 12.8 Å². The molecule has 0 aliphatic carbocycles. The second-order valence-corrected chi connectivity index (χ2v) is 4.45. The topological polar surface area (TPSA) is 60.9 Å². The number of hydrogen-bond acceptors (Lipinski definition) is 2. The number of urea groups is 1. The Kier molecular flexibility index (Phi) is 4.60. The lowest BCUT2D eigenvalue weighted by Crippen LogP contribution is -2.56. The third kappa shape index (κ3) is 2.28. The molecule has 1 aliphatic rings. The Morgan fingerprint density at radius 3 is 2.61 bits per heavy atom. The zero-order valence-electron chi connectivity index (χ0n) is 11.0. The number of nitrogens with zero attached hydrogens (tertiary/aromatic N) is 2. The first-order chi connectivity index (χ1) is 8.53. The predicted molar refractivity (Wildman–Crippen MR) is 68.1 cm³/mol. The Morgan fingerprint density at radius 1 is 1.50 bits per heavy atom. The zero-order chi connectivity index (χ0) is 13.8. The molecule has 100 valence electrons. The van der Waals surface area contributed by atoms with Gasteiger partial charge in [0.2, 0.25) is 0 Å². The minimum Gasteiger partial charge on any atom is -0.479 e. The Morgan fingerprint density at radius 2 is 2.17 bits per heavy atom. The van der Waals surface area contributed by atoms with Gasteiger partial charge in [-0.05, 0) is 26.2 Å². The number of carboxylic acids is 1. The second kappa shape index (κ2) is 5.76. The van der Waals surface area contributed by atoms with Crippen LogP contribution in [0.1, 0.15) is 33.1 Å². The molecular formula is C13H20N2O3. The Bertz CT molecular complexity index is 375. The van der Waals surface area contributed by atoms with Crippen LogP contribution in [0.2, 0.25) is 0 Å². The number of carbonyl (C=O) groups excluding carboxylic acids is 1. The van der Waals surface area contributed by atoms with Crippen molar-refractivity contribution < 1.29 is 14.7 Å². The average Bonchev–Trinajstić information content (AvgIpc) is 2.80. The predicted octanol–water partition coefficient (Wildman–Crippen LogP) is 1.39. The highest BCUT2D eigenvalue weighted by atomic mass is 16.4. The number of terminal acetylenes is 1. The third-order valence-electron chi connectivity index (χ3n) is 3.64. The fourth-order valence-corrected chi connectivity index (χ4v) is 2.49. The molecule has 0 aromatic heterocycles. The summed E-state index contributed by atoms with van der Waals surface area (Å²) in [7, 11) is 0. The molecule has 0 aromatic rings. The SMILES string of the molecule is C#CCN(CC)C(=O)N1CCCC1(CC)C(=O)O. The van der Waals surface area contributed by atoms with E-state index in [0.29, 0.717) is 25.9 Å². The van der Waals surface area contributed by atoms with E-state index >= 15 is 0 Å². The van der Waals surface area contributed by atoms with Crippen LogP contribution in [0.4, 0.5) is 4.79 Å². The molecule has 0 spiro atoms. The fourth-order valence-electron chi connectivity index (χ4n) is 2.49. The van der Waals surface area contributed by atoms with Gasteiger partial charge in [0.05, 0.1) is 6.54 Å². The second-order valence-electron chi connectivity index (χ2n) is 4.45. The summed E-state index contributed by atoms with van der Waals surface area (Å²) < 4.78 is 0. The van der Waals surface area contributed by atoms with Crippen LogP contribution in [-0.4, -0.2) is 52.1 Å². The molecule has 1 heterocycles. The number of aliphatic carboxylic acids is 1. The van der Waals surface area contributed by atoms with Crippen molar-refractivity contribution >= 4 is 12.0 Å². The molecular weight excluding hydrogens is 232 g/mol. The van der Waals surface area contributed by atoms with Crippen LogP contribution in [0.15, 0.2) is 0 Å². The van der Waals surface area contributed by atoms with Crippen LogP contribution >= 0.6 is 0 Å². The Labute approximate surface area is 108 Å². The average molecular weight is 252 g/mol. The van der Waals surface area contributed by atoms with Crippen molar-refractivity contribution in [2.75, 3.05) is 19.6 Å². The van der Waals surface area contributed by atoms with Crippen LogP contribution in [-0.2, 0) is 4.79 Å². The quantitative estimate of drug-likeness (QED) is 0.769. The highest BCUT2D eigenvalue weighted by Gasteiger charge is 2.49. The lowest BCUT2D eigenvalue weighted by Gasteiger charge is -2.36. The van der Waals surface area contributed by atoms with Gasteiger partial charge in [-0.2, -0.15) is 0 Å². The van der Waals surface area contributed by atoms with Crippen molar-refractivity contribution in [1.82, 2.24) is 9.80 Å². The molecule has 1 N–H and O–H groups in total. The van der Waals surface area contributed by atoms with E-state index in [4.69, 9.17) is 6.42 Å². The molecule has 0 aromatic carbocycles. The number of amides is 2. The van der Waals surface area contributed by atoms with Crippen molar-refractivity contribution in [2.45, 2.75) is 38.6 Å². The molecule has 1 rings (SSSR count). The van der Waals surface area contributed by atoms with Crippen molar-refractivity contribution in [1.29, 1.82) is 0 Å². The lowest BCUT2D eigenvalue weighted by molar-refractivity contribution is -0.148. The van der Waals surface area contributed by atoms with E-state index < -0.39 is 11.5 Å². The molecule has 5 heteroatoms.